The Hall–Kier alpha value is 0.0800. The number of hydrogen-bond donors (Lipinski definition) is 0. The first-order valence-corrected chi connectivity index (χ1v) is 9.72. The van der Waals surface area contributed by atoms with Crippen molar-refractivity contribution >= 4 is 16.5 Å². The molecule has 1 aliphatic heterocycles. The van der Waals surface area contributed by atoms with Crippen LogP contribution in [0.25, 0.3) is 0 Å². The summed E-state index contributed by atoms with van der Waals surface area (Å²) in [5, 5.41) is 0. The van der Waals surface area contributed by atoms with Crippen molar-refractivity contribution in [3.63, 3.8) is 0 Å². The van der Waals surface area contributed by atoms with Gasteiger partial charge in [0.15, 0.2) is 4.31 Å². The highest BCUT2D eigenvalue weighted by atomic mass is 31.2. The average Bonchev–Trinajstić information content (AvgIpc) is 2.25. The summed E-state index contributed by atoms with van der Waals surface area (Å²) in [4.78, 5) is 0. The van der Waals surface area contributed by atoms with Crippen molar-refractivity contribution in [2.45, 2.75) is 61.2 Å². The molecule has 1 aliphatic rings. The molecule has 0 saturated carbocycles. The Morgan fingerprint density at radius 2 is 1.10 bits per heavy atom. The molecule has 21 heavy (non-hydrogen) atoms. The van der Waals surface area contributed by atoms with Crippen LogP contribution in [0.4, 0.5) is 0 Å². The molecular formula is C14H28O5P2+2. The Bertz CT molecular complexity index is 380. The second-order valence-electron chi connectivity index (χ2n) is 6.93. The van der Waals surface area contributed by atoms with E-state index in [9.17, 15) is 9.13 Å². The van der Waals surface area contributed by atoms with Crippen molar-refractivity contribution in [1.82, 2.24) is 0 Å². The van der Waals surface area contributed by atoms with Gasteiger partial charge < -0.3 is 0 Å². The molecule has 0 spiro atoms. The Kier molecular flexibility index (Phi) is 6.08. The maximum atomic E-state index is 11.9. The summed E-state index contributed by atoms with van der Waals surface area (Å²) in [6, 6.07) is 0. The Morgan fingerprint density at radius 3 is 1.33 bits per heavy atom. The lowest BCUT2D eigenvalue weighted by atomic mass is 9.55. The molecule has 5 nitrogen and oxygen atoms in total. The Labute approximate surface area is 130 Å². The lowest BCUT2D eigenvalue weighted by Gasteiger charge is -2.53. The molecule has 0 bridgehead atoms. The van der Waals surface area contributed by atoms with Crippen LogP contribution in [0, 0.1) is 29.1 Å². The molecule has 7 heteroatoms. The number of rotatable bonds is 5. The third kappa shape index (κ3) is 2.96. The smallest absolute Gasteiger partial charge is 0.0746 e. The summed E-state index contributed by atoms with van der Waals surface area (Å²) in [6.45, 7) is 16.5. The van der Waals surface area contributed by atoms with Crippen LogP contribution in [0.5, 0.6) is 0 Å². The molecule has 0 aromatic heterocycles. The summed E-state index contributed by atoms with van der Waals surface area (Å²) in [7, 11) is -4.90. The van der Waals surface area contributed by atoms with Gasteiger partial charge in [0.25, 0.3) is 5.79 Å². The van der Waals surface area contributed by atoms with Gasteiger partial charge in [0.1, 0.15) is 0 Å². The van der Waals surface area contributed by atoms with Crippen molar-refractivity contribution < 1.29 is 22.5 Å². The van der Waals surface area contributed by atoms with E-state index >= 15 is 0 Å². The van der Waals surface area contributed by atoms with E-state index in [1.807, 2.05) is 13.8 Å². The zero-order valence-electron chi connectivity index (χ0n) is 14.2. The molecule has 1 saturated heterocycles. The van der Waals surface area contributed by atoms with E-state index in [1.54, 1.807) is 0 Å². The van der Waals surface area contributed by atoms with E-state index < -0.39 is 27.7 Å². The van der Waals surface area contributed by atoms with Gasteiger partial charge in [0.05, 0.1) is 0 Å². The van der Waals surface area contributed by atoms with Crippen LogP contribution in [0.2, 0.25) is 0 Å². The summed E-state index contributed by atoms with van der Waals surface area (Å²) >= 11 is 0. The van der Waals surface area contributed by atoms with Crippen molar-refractivity contribution in [1.29, 1.82) is 0 Å². The standard InChI is InChI=1S/C14H28O5P2/c1-9(2)13(10(3)4,11(5)6)14(12(7)8)17-20(15)19-21(16)18-14/h9-12H,1-8H3/q+2. The van der Waals surface area contributed by atoms with Gasteiger partial charge in [-0.3, -0.25) is 0 Å². The van der Waals surface area contributed by atoms with E-state index in [4.69, 9.17) is 13.4 Å². The van der Waals surface area contributed by atoms with Gasteiger partial charge in [-0.25, -0.2) is 0 Å². The lowest BCUT2D eigenvalue weighted by Crippen LogP contribution is -2.62. The van der Waals surface area contributed by atoms with Crippen molar-refractivity contribution in [3.05, 3.63) is 0 Å². The predicted molar refractivity (Wildman–Crippen MR) is 83.0 cm³/mol. The second-order valence-corrected chi connectivity index (χ2v) is 8.84. The molecule has 2 unspecified atom stereocenters. The maximum Gasteiger partial charge on any atom is 0.751 e. The molecule has 0 aliphatic carbocycles. The lowest BCUT2D eigenvalue weighted by molar-refractivity contribution is -0.283. The zero-order valence-corrected chi connectivity index (χ0v) is 16.0. The minimum atomic E-state index is -2.45. The topological polar surface area (TPSA) is 61.8 Å². The molecule has 1 heterocycles. The van der Waals surface area contributed by atoms with Crippen LogP contribution < -0.4 is 0 Å². The van der Waals surface area contributed by atoms with Crippen LogP contribution in [0.15, 0.2) is 0 Å². The highest BCUT2D eigenvalue weighted by Crippen LogP contribution is 2.65. The van der Waals surface area contributed by atoms with Gasteiger partial charge in [-0.05, 0) is 17.8 Å². The second kappa shape index (κ2) is 6.68. The SMILES string of the molecule is CC(C)C1(C(C(C)C)(C(C)C)C(C)C)O[P+](=O)O[P+](=O)O1. The molecule has 1 fully saturated rings. The Balaban J connectivity index is 3.60. The zero-order chi connectivity index (χ0) is 16.6. The first-order chi connectivity index (χ1) is 9.52. The highest BCUT2D eigenvalue weighted by Gasteiger charge is 2.74. The molecule has 1 rings (SSSR count). The average molecular weight is 338 g/mol. The third-order valence-electron chi connectivity index (χ3n) is 4.78. The fraction of sp³-hybridized carbons (Fsp3) is 1.00. The molecule has 0 aromatic rings. The molecule has 2 atom stereocenters. The van der Waals surface area contributed by atoms with Crippen LogP contribution in [0.1, 0.15) is 55.4 Å². The molecule has 0 amide bonds. The van der Waals surface area contributed by atoms with Crippen LogP contribution in [-0.4, -0.2) is 5.79 Å². The monoisotopic (exact) mass is 338 g/mol. The van der Waals surface area contributed by atoms with Gasteiger partial charge >= 0.3 is 16.5 Å². The van der Waals surface area contributed by atoms with Gasteiger partial charge in [-0.2, -0.15) is 0 Å². The normalized spacial score (nSPS) is 28.2. The van der Waals surface area contributed by atoms with E-state index in [0.717, 1.165) is 0 Å². The third-order valence-corrected chi connectivity index (χ3v) is 6.69. The Morgan fingerprint density at radius 1 is 0.762 bits per heavy atom. The van der Waals surface area contributed by atoms with Gasteiger partial charge in [-0.1, -0.05) is 64.4 Å². The summed E-state index contributed by atoms with van der Waals surface area (Å²) < 4.78 is 40.1. The fourth-order valence-corrected chi connectivity index (χ4v) is 6.42. The summed E-state index contributed by atoms with van der Waals surface area (Å²) in [6.07, 6.45) is 0. The van der Waals surface area contributed by atoms with Crippen molar-refractivity contribution in [2.24, 2.45) is 29.1 Å². The summed E-state index contributed by atoms with van der Waals surface area (Å²) in [5.74, 6) is -0.756. The fourth-order valence-electron chi connectivity index (χ4n) is 4.40. The molecular weight excluding hydrogens is 310 g/mol. The van der Waals surface area contributed by atoms with Crippen LogP contribution in [0.3, 0.4) is 0 Å². The summed E-state index contributed by atoms with van der Waals surface area (Å²) in [5.41, 5.74) is -0.444. The molecule has 0 radical (unpaired) electrons. The minimum Gasteiger partial charge on any atom is -0.0746 e. The largest absolute Gasteiger partial charge is 0.751 e. The first kappa shape index (κ1) is 19.1. The molecule has 0 aromatic carbocycles. The maximum absolute atomic E-state index is 11.9. The van der Waals surface area contributed by atoms with E-state index in [0.29, 0.717) is 0 Å². The van der Waals surface area contributed by atoms with Crippen LogP contribution in [-0.2, 0) is 22.5 Å². The van der Waals surface area contributed by atoms with Crippen molar-refractivity contribution in [2.75, 3.05) is 0 Å². The van der Waals surface area contributed by atoms with E-state index in [1.165, 1.54) is 0 Å². The molecule has 0 N–H and O–H groups in total. The van der Waals surface area contributed by atoms with Crippen molar-refractivity contribution in [3.8, 4) is 0 Å². The van der Waals surface area contributed by atoms with Gasteiger partial charge in [-0.15, -0.1) is 0 Å². The molecule has 122 valence electrons. The van der Waals surface area contributed by atoms with Gasteiger partial charge in [0, 0.05) is 20.5 Å². The van der Waals surface area contributed by atoms with E-state index in [-0.39, 0.29) is 23.7 Å². The van der Waals surface area contributed by atoms with Crippen LogP contribution >= 0.6 is 16.5 Å². The quantitative estimate of drug-likeness (QED) is 0.604. The predicted octanol–water partition coefficient (Wildman–Crippen LogP) is 5.67. The highest BCUT2D eigenvalue weighted by molar-refractivity contribution is 7.48. The minimum absolute atomic E-state index is 0.119. The number of hydrogen-bond acceptors (Lipinski definition) is 5. The van der Waals surface area contributed by atoms with E-state index in [2.05, 4.69) is 41.5 Å². The first-order valence-electron chi connectivity index (χ1n) is 7.53. The van der Waals surface area contributed by atoms with Gasteiger partial charge in [0.2, 0.25) is 0 Å².